The molecule has 0 spiro atoms. The zero-order valence-corrected chi connectivity index (χ0v) is 11.1. The third kappa shape index (κ3) is 3.88. The molecule has 0 aromatic heterocycles. The van der Waals surface area contributed by atoms with E-state index in [0.29, 0.717) is 0 Å². The molecule has 0 radical (unpaired) electrons. The zero-order chi connectivity index (χ0) is 12.7. The first-order valence-electron chi connectivity index (χ1n) is 6.62. The Morgan fingerprint density at radius 1 is 1.24 bits per heavy atom. The van der Waals surface area contributed by atoms with Crippen LogP contribution in [0.15, 0.2) is 24.3 Å². The highest BCUT2D eigenvalue weighted by Gasteiger charge is 2.18. The first kappa shape index (κ1) is 13.8. The summed E-state index contributed by atoms with van der Waals surface area (Å²) < 4.78 is 0. The number of benzene rings is 1. The lowest BCUT2D eigenvalue weighted by Gasteiger charge is -2.18. The van der Waals surface area contributed by atoms with E-state index >= 15 is 0 Å². The van der Waals surface area contributed by atoms with E-state index in [4.69, 9.17) is 0 Å². The molecule has 0 fully saturated rings. The molecular weight excluding hydrogens is 210 g/mol. The molecule has 2 nitrogen and oxygen atoms in total. The van der Waals surface area contributed by atoms with Crippen molar-refractivity contribution in [1.29, 1.82) is 0 Å². The quantitative estimate of drug-likeness (QED) is 0.737. The van der Waals surface area contributed by atoms with Gasteiger partial charge in [-0.2, -0.15) is 0 Å². The Morgan fingerprint density at radius 2 is 1.94 bits per heavy atom. The van der Waals surface area contributed by atoms with E-state index in [-0.39, 0.29) is 11.9 Å². The molecule has 0 bridgehead atoms. The van der Waals surface area contributed by atoms with Crippen LogP contribution in [0.4, 0.5) is 0 Å². The van der Waals surface area contributed by atoms with Crippen molar-refractivity contribution in [3.8, 4) is 0 Å². The van der Waals surface area contributed by atoms with Crippen LogP contribution in [0.25, 0.3) is 0 Å². The number of aryl methyl sites for hydroxylation is 1. The van der Waals surface area contributed by atoms with Crippen molar-refractivity contribution in [3.63, 3.8) is 0 Å². The molecule has 1 atom stereocenters. The molecule has 0 saturated heterocycles. The zero-order valence-electron chi connectivity index (χ0n) is 11.1. The summed E-state index contributed by atoms with van der Waals surface area (Å²) in [4.78, 5) is 11.1. The van der Waals surface area contributed by atoms with Gasteiger partial charge in [0.1, 0.15) is 0 Å². The second kappa shape index (κ2) is 7.10. The molecule has 1 aromatic carbocycles. The molecular formula is C15H23NO. The molecule has 94 valence electrons. The van der Waals surface area contributed by atoms with Gasteiger partial charge < -0.3 is 5.32 Å². The molecule has 1 N–H and O–H groups in total. The van der Waals surface area contributed by atoms with Gasteiger partial charge in [0.2, 0.25) is 5.91 Å². The Kier molecular flexibility index (Phi) is 5.75. The summed E-state index contributed by atoms with van der Waals surface area (Å²) in [5.41, 5.74) is 2.71. The van der Waals surface area contributed by atoms with Crippen LogP contribution >= 0.6 is 0 Å². The molecule has 0 saturated carbocycles. The van der Waals surface area contributed by atoms with Crippen LogP contribution in [-0.4, -0.2) is 5.91 Å². The molecule has 1 amide bonds. The van der Waals surface area contributed by atoms with Crippen LogP contribution in [-0.2, 0) is 11.2 Å². The first-order chi connectivity index (χ1) is 8.27. The van der Waals surface area contributed by atoms with Gasteiger partial charge in [0.05, 0.1) is 6.04 Å². The standard InChI is InChI=1S/C13H17NO.C2H6/c1-10(15)14-13-9-5-3-7-11-6-2-4-8-12(11)13;1-2/h2,4,6,8,13H,3,5,7,9H2,1H3,(H,14,15);1-2H3. The van der Waals surface area contributed by atoms with Crippen LogP contribution in [0.2, 0.25) is 0 Å². The van der Waals surface area contributed by atoms with Crippen molar-refractivity contribution in [2.45, 2.75) is 52.5 Å². The fraction of sp³-hybridized carbons (Fsp3) is 0.533. The fourth-order valence-electron chi connectivity index (χ4n) is 2.32. The third-order valence-corrected chi connectivity index (χ3v) is 3.00. The van der Waals surface area contributed by atoms with Crippen molar-refractivity contribution in [2.75, 3.05) is 0 Å². The Hall–Kier alpha value is -1.31. The number of carbonyl (C=O) groups excluding carboxylic acids is 1. The number of nitrogens with one attached hydrogen (secondary N) is 1. The Bertz CT molecular complexity index is 360. The van der Waals surface area contributed by atoms with Crippen molar-refractivity contribution < 1.29 is 4.79 Å². The number of carbonyl (C=O) groups is 1. The lowest BCUT2D eigenvalue weighted by molar-refractivity contribution is -0.119. The van der Waals surface area contributed by atoms with Crippen molar-refractivity contribution in [3.05, 3.63) is 35.4 Å². The van der Waals surface area contributed by atoms with Gasteiger partial charge in [-0.15, -0.1) is 0 Å². The van der Waals surface area contributed by atoms with Gasteiger partial charge in [0.15, 0.2) is 0 Å². The molecule has 1 aliphatic rings. The van der Waals surface area contributed by atoms with E-state index in [0.717, 1.165) is 12.8 Å². The molecule has 0 aliphatic heterocycles. The minimum Gasteiger partial charge on any atom is -0.350 e. The van der Waals surface area contributed by atoms with Gasteiger partial charge in [-0.05, 0) is 30.4 Å². The Morgan fingerprint density at radius 3 is 2.65 bits per heavy atom. The second-order valence-corrected chi connectivity index (χ2v) is 4.20. The summed E-state index contributed by atoms with van der Waals surface area (Å²) in [7, 11) is 0. The normalized spacial score (nSPS) is 18.2. The highest BCUT2D eigenvalue weighted by atomic mass is 16.1. The van der Waals surface area contributed by atoms with Crippen LogP contribution in [0, 0.1) is 0 Å². The fourth-order valence-corrected chi connectivity index (χ4v) is 2.32. The molecule has 0 heterocycles. The van der Waals surface area contributed by atoms with E-state index in [2.05, 4.69) is 29.6 Å². The number of amides is 1. The smallest absolute Gasteiger partial charge is 0.217 e. The minimum atomic E-state index is 0.0664. The van der Waals surface area contributed by atoms with Gasteiger partial charge in [-0.3, -0.25) is 4.79 Å². The maximum absolute atomic E-state index is 11.1. The number of hydrogen-bond donors (Lipinski definition) is 1. The first-order valence-corrected chi connectivity index (χ1v) is 6.62. The summed E-state index contributed by atoms with van der Waals surface area (Å²) >= 11 is 0. The predicted octanol–water partition coefficient (Wildman–Crippen LogP) is 3.62. The van der Waals surface area contributed by atoms with Crippen LogP contribution in [0.1, 0.15) is 57.2 Å². The molecule has 2 rings (SSSR count). The second-order valence-electron chi connectivity index (χ2n) is 4.20. The largest absolute Gasteiger partial charge is 0.350 e. The summed E-state index contributed by atoms with van der Waals surface area (Å²) in [6, 6.07) is 8.67. The maximum Gasteiger partial charge on any atom is 0.217 e. The van der Waals surface area contributed by atoms with E-state index in [9.17, 15) is 4.79 Å². The van der Waals surface area contributed by atoms with Crippen molar-refractivity contribution in [1.82, 2.24) is 5.32 Å². The van der Waals surface area contributed by atoms with E-state index < -0.39 is 0 Å². The summed E-state index contributed by atoms with van der Waals surface area (Å²) in [5.74, 6) is 0.0664. The van der Waals surface area contributed by atoms with Crippen LogP contribution in [0.3, 0.4) is 0 Å². The lowest BCUT2D eigenvalue weighted by atomic mass is 9.99. The topological polar surface area (TPSA) is 29.1 Å². The van der Waals surface area contributed by atoms with Gasteiger partial charge in [-0.25, -0.2) is 0 Å². The van der Waals surface area contributed by atoms with E-state index in [1.807, 2.05) is 13.8 Å². The third-order valence-electron chi connectivity index (χ3n) is 3.00. The van der Waals surface area contributed by atoms with Crippen molar-refractivity contribution in [2.24, 2.45) is 0 Å². The molecule has 1 aromatic rings. The van der Waals surface area contributed by atoms with Gasteiger partial charge in [0, 0.05) is 6.92 Å². The highest BCUT2D eigenvalue weighted by molar-refractivity contribution is 5.73. The Balaban J connectivity index is 0.000000686. The SMILES string of the molecule is CC.CC(=O)NC1CCCCc2ccccc21. The van der Waals surface area contributed by atoms with Gasteiger partial charge >= 0.3 is 0 Å². The van der Waals surface area contributed by atoms with E-state index in [1.54, 1.807) is 6.92 Å². The minimum absolute atomic E-state index is 0.0664. The lowest BCUT2D eigenvalue weighted by Crippen LogP contribution is -2.26. The Labute approximate surface area is 104 Å². The average molecular weight is 233 g/mol. The highest BCUT2D eigenvalue weighted by Crippen LogP contribution is 2.28. The molecule has 17 heavy (non-hydrogen) atoms. The molecule has 2 heteroatoms. The molecule has 1 unspecified atom stereocenters. The van der Waals surface area contributed by atoms with E-state index in [1.165, 1.54) is 24.0 Å². The summed E-state index contributed by atoms with van der Waals surface area (Å²) in [6.07, 6.45) is 4.63. The monoisotopic (exact) mass is 233 g/mol. The van der Waals surface area contributed by atoms with Gasteiger partial charge in [0.25, 0.3) is 0 Å². The number of hydrogen-bond acceptors (Lipinski definition) is 1. The number of rotatable bonds is 1. The van der Waals surface area contributed by atoms with Crippen molar-refractivity contribution >= 4 is 5.91 Å². The van der Waals surface area contributed by atoms with Crippen LogP contribution < -0.4 is 5.32 Å². The van der Waals surface area contributed by atoms with Gasteiger partial charge in [-0.1, -0.05) is 44.5 Å². The molecule has 1 aliphatic carbocycles. The predicted molar refractivity (Wildman–Crippen MR) is 71.9 cm³/mol. The summed E-state index contributed by atoms with van der Waals surface area (Å²) in [6.45, 7) is 5.59. The number of fused-ring (bicyclic) bond motifs is 1. The van der Waals surface area contributed by atoms with Crippen LogP contribution in [0.5, 0.6) is 0 Å². The average Bonchev–Trinajstić information content (AvgIpc) is 2.54. The summed E-state index contributed by atoms with van der Waals surface area (Å²) in [5, 5.41) is 3.04. The maximum atomic E-state index is 11.1.